The zero-order valence-electron chi connectivity index (χ0n) is 11.5. The number of likely N-dealkylation sites (tertiary alicyclic amines) is 1. The molecule has 0 aliphatic carbocycles. The number of fused-ring (bicyclic) bond motifs is 1. The van der Waals surface area contributed by atoms with E-state index in [1.807, 2.05) is 23.1 Å². The minimum atomic E-state index is 0.0230. The maximum absolute atomic E-state index is 12.7. The molecule has 3 rings (SSSR count). The highest BCUT2D eigenvalue weighted by Crippen LogP contribution is 2.20. The zero-order chi connectivity index (χ0) is 14.1. The molecular formula is C15H18N4O. The Balaban J connectivity index is 1.93. The van der Waals surface area contributed by atoms with Crippen LogP contribution in [-0.4, -0.2) is 39.9 Å². The van der Waals surface area contributed by atoms with Crippen molar-refractivity contribution in [1.82, 2.24) is 14.9 Å². The van der Waals surface area contributed by atoms with E-state index in [1.165, 1.54) is 0 Å². The molecule has 5 heteroatoms. The third-order valence-corrected chi connectivity index (χ3v) is 3.99. The number of piperidine rings is 1. The lowest BCUT2D eigenvalue weighted by Gasteiger charge is -2.35. The predicted molar refractivity (Wildman–Crippen MR) is 77.2 cm³/mol. The van der Waals surface area contributed by atoms with Crippen LogP contribution in [0.25, 0.3) is 11.0 Å². The van der Waals surface area contributed by atoms with Gasteiger partial charge in [0.1, 0.15) is 5.52 Å². The first kappa shape index (κ1) is 13.0. The maximum Gasteiger partial charge on any atom is 0.256 e. The molecule has 20 heavy (non-hydrogen) atoms. The molecule has 1 aromatic heterocycles. The molecule has 0 spiro atoms. The Morgan fingerprint density at radius 1 is 1.35 bits per heavy atom. The Hall–Kier alpha value is -2.01. The van der Waals surface area contributed by atoms with Gasteiger partial charge in [0.25, 0.3) is 5.91 Å². The van der Waals surface area contributed by atoms with Crippen LogP contribution in [-0.2, 0) is 0 Å². The van der Waals surface area contributed by atoms with Gasteiger partial charge in [0.15, 0.2) is 0 Å². The van der Waals surface area contributed by atoms with Gasteiger partial charge in [-0.3, -0.25) is 14.8 Å². The first-order valence-corrected chi connectivity index (χ1v) is 6.91. The molecule has 0 radical (unpaired) electrons. The number of para-hydroxylation sites is 1. The molecular weight excluding hydrogens is 252 g/mol. The number of carbonyl (C=O) groups is 1. The largest absolute Gasteiger partial charge is 0.338 e. The van der Waals surface area contributed by atoms with Gasteiger partial charge in [0.05, 0.1) is 11.1 Å². The average Bonchev–Trinajstić information content (AvgIpc) is 2.49. The summed E-state index contributed by atoms with van der Waals surface area (Å²) in [6.45, 7) is 3.50. The fourth-order valence-corrected chi connectivity index (χ4v) is 2.68. The normalized spacial score (nSPS) is 23.0. The van der Waals surface area contributed by atoms with Gasteiger partial charge < -0.3 is 10.6 Å². The number of nitrogens with zero attached hydrogens (tertiary/aromatic N) is 3. The highest BCUT2D eigenvalue weighted by atomic mass is 16.2. The molecule has 2 unspecified atom stereocenters. The molecule has 0 bridgehead atoms. The molecule has 1 aliphatic heterocycles. The fourth-order valence-electron chi connectivity index (χ4n) is 2.68. The molecule has 2 heterocycles. The van der Waals surface area contributed by atoms with Gasteiger partial charge in [-0.05, 0) is 24.5 Å². The number of hydrogen-bond acceptors (Lipinski definition) is 4. The van der Waals surface area contributed by atoms with E-state index < -0.39 is 0 Å². The van der Waals surface area contributed by atoms with E-state index in [0.717, 1.165) is 11.9 Å². The molecule has 1 saturated heterocycles. The lowest BCUT2D eigenvalue weighted by atomic mass is 9.94. The molecule has 2 atom stereocenters. The SMILES string of the molecule is CC1CN(C(=O)c2cccc3nccnc23)CCC1N. The van der Waals surface area contributed by atoms with Gasteiger partial charge in [0, 0.05) is 31.5 Å². The summed E-state index contributed by atoms with van der Waals surface area (Å²) < 4.78 is 0. The third-order valence-electron chi connectivity index (χ3n) is 3.99. The van der Waals surface area contributed by atoms with Crippen molar-refractivity contribution in [3.05, 3.63) is 36.2 Å². The Kier molecular flexibility index (Phi) is 3.36. The van der Waals surface area contributed by atoms with E-state index in [2.05, 4.69) is 16.9 Å². The minimum absolute atomic E-state index is 0.0230. The fraction of sp³-hybridized carbons (Fsp3) is 0.400. The topological polar surface area (TPSA) is 72.1 Å². The molecule has 2 aromatic rings. The van der Waals surface area contributed by atoms with Crippen molar-refractivity contribution in [2.24, 2.45) is 11.7 Å². The third kappa shape index (κ3) is 2.25. The van der Waals surface area contributed by atoms with Gasteiger partial charge in [-0.1, -0.05) is 13.0 Å². The molecule has 1 amide bonds. The lowest BCUT2D eigenvalue weighted by molar-refractivity contribution is 0.0666. The lowest BCUT2D eigenvalue weighted by Crippen LogP contribution is -2.48. The molecule has 104 valence electrons. The molecule has 1 aromatic carbocycles. The van der Waals surface area contributed by atoms with Crippen molar-refractivity contribution < 1.29 is 4.79 Å². The first-order valence-electron chi connectivity index (χ1n) is 6.91. The molecule has 5 nitrogen and oxygen atoms in total. The molecule has 2 N–H and O–H groups in total. The monoisotopic (exact) mass is 270 g/mol. The summed E-state index contributed by atoms with van der Waals surface area (Å²) in [5, 5.41) is 0. The van der Waals surface area contributed by atoms with Crippen LogP contribution in [0.2, 0.25) is 0 Å². The zero-order valence-corrected chi connectivity index (χ0v) is 11.5. The summed E-state index contributed by atoms with van der Waals surface area (Å²) in [7, 11) is 0. The average molecular weight is 270 g/mol. The Morgan fingerprint density at radius 3 is 2.95 bits per heavy atom. The van der Waals surface area contributed by atoms with Crippen LogP contribution < -0.4 is 5.73 Å². The summed E-state index contributed by atoms with van der Waals surface area (Å²) in [5.74, 6) is 0.351. The van der Waals surface area contributed by atoms with E-state index >= 15 is 0 Å². The maximum atomic E-state index is 12.7. The number of benzene rings is 1. The standard InChI is InChI=1S/C15H18N4O/c1-10-9-19(8-5-12(10)16)15(20)11-3-2-4-13-14(11)18-7-6-17-13/h2-4,6-7,10,12H,5,8-9,16H2,1H3. The second-order valence-electron chi connectivity index (χ2n) is 5.41. The molecule has 0 saturated carbocycles. The van der Waals surface area contributed by atoms with Crippen molar-refractivity contribution >= 4 is 16.9 Å². The van der Waals surface area contributed by atoms with Gasteiger partial charge in [0.2, 0.25) is 0 Å². The van der Waals surface area contributed by atoms with Crippen LogP contribution in [0, 0.1) is 5.92 Å². The van der Waals surface area contributed by atoms with E-state index in [-0.39, 0.29) is 11.9 Å². The van der Waals surface area contributed by atoms with Crippen LogP contribution in [0.5, 0.6) is 0 Å². The number of nitrogens with two attached hydrogens (primary N) is 1. The number of aromatic nitrogens is 2. The van der Waals surface area contributed by atoms with Crippen molar-refractivity contribution in [2.45, 2.75) is 19.4 Å². The number of rotatable bonds is 1. The summed E-state index contributed by atoms with van der Waals surface area (Å²) in [6, 6.07) is 5.72. The quantitative estimate of drug-likeness (QED) is 0.851. The summed E-state index contributed by atoms with van der Waals surface area (Å²) in [4.78, 5) is 23.1. The van der Waals surface area contributed by atoms with Crippen LogP contribution in [0.3, 0.4) is 0 Å². The van der Waals surface area contributed by atoms with E-state index in [4.69, 9.17) is 5.73 Å². The Morgan fingerprint density at radius 2 is 2.15 bits per heavy atom. The van der Waals surface area contributed by atoms with Crippen molar-refractivity contribution in [3.8, 4) is 0 Å². The Bertz CT molecular complexity index is 637. The first-order chi connectivity index (χ1) is 9.66. The van der Waals surface area contributed by atoms with E-state index in [9.17, 15) is 4.79 Å². The number of carbonyl (C=O) groups excluding carboxylic acids is 1. The van der Waals surface area contributed by atoms with Gasteiger partial charge in [-0.15, -0.1) is 0 Å². The van der Waals surface area contributed by atoms with Gasteiger partial charge in [-0.25, -0.2) is 0 Å². The highest BCUT2D eigenvalue weighted by Gasteiger charge is 2.27. The highest BCUT2D eigenvalue weighted by molar-refractivity contribution is 6.04. The van der Waals surface area contributed by atoms with Crippen molar-refractivity contribution in [1.29, 1.82) is 0 Å². The van der Waals surface area contributed by atoms with Gasteiger partial charge >= 0.3 is 0 Å². The van der Waals surface area contributed by atoms with Crippen LogP contribution >= 0.6 is 0 Å². The summed E-state index contributed by atoms with van der Waals surface area (Å²) in [6.07, 6.45) is 4.11. The molecule has 1 aliphatic rings. The van der Waals surface area contributed by atoms with Crippen LogP contribution in [0.4, 0.5) is 0 Å². The second-order valence-corrected chi connectivity index (χ2v) is 5.41. The van der Waals surface area contributed by atoms with Crippen molar-refractivity contribution in [3.63, 3.8) is 0 Å². The summed E-state index contributed by atoms with van der Waals surface area (Å²) >= 11 is 0. The molecule has 1 fully saturated rings. The number of hydrogen-bond donors (Lipinski definition) is 1. The second kappa shape index (κ2) is 5.17. The van der Waals surface area contributed by atoms with Crippen molar-refractivity contribution in [2.75, 3.05) is 13.1 Å². The predicted octanol–water partition coefficient (Wildman–Crippen LogP) is 1.44. The van der Waals surface area contributed by atoms with E-state index in [1.54, 1.807) is 12.4 Å². The minimum Gasteiger partial charge on any atom is -0.338 e. The smallest absolute Gasteiger partial charge is 0.256 e. The summed E-state index contributed by atoms with van der Waals surface area (Å²) in [5.41, 5.74) is 8.05. The van der Waals surface area contributed by atoms with Crippen LogP contribution in [0.1, 0.15) is 23.7 Å². The van der Waals surface area contributed by atoms with E-state index in [0.29, 0.717) is 30.1 Å². The van der Waals surface area contributed by atoms with Gasteiger partial charge in [-0.2, -0.15) is 0 Å². The van der Waals surface area contributed by atoms with Crippen LogP contribution in [0.15, 0.2) is 30.6 Å². The Labute approximate surface area is 117 Å². The number of amides is 1.